The van der Waals surface area contributed by atoms with E-state index in [9.17, 15) is 0 Å². The summed E-state index contributed by atoms with van der Waals surface area (Å²) < 4.78 is 1.07. The van der Waals surface area contributed by atoms with E-state index in [1.165, 1.54) is 4.88 Å². The fourth-order valence-corrected chi connectivity index (χ4v) is 3.89. The summed E-state index contributed by atoms with van der Waals surface area (Å²) in [6.45, 7) is 0.731. The lowest BCUT2D eigenvalue weighted by atomic mass is 10.2. The molecule has 4 rings (SSSR count). The Morgan fingerprint density at radius 3 is 2.64 bits per heavy atom. The van der Waals surface area contributed by atoms with E-state index in [1.807, 2.05) is 18.2 Å². The molecule has 0 bridgehead atoms. The largest absolute Gasteiger partial charge is 0.326 e. The van der Waals surface area contributed by atoms with Gasteiger partial charge in [0.2, 0.25) is 0 Å². The number of thiophene rings is 1. The Hall–Kier alpha value is -1.56. The van der Waals surface area contributed by atoms with Crippen LogP contribution < -0.4 is 4.90 Å². The SMILES string of the molecule is S=C1c2ccc(-c3cccs3)nc2CN1c1ccc(Br)cc1. The third-order valence-electron chi connectivity index (χ3n) is 3.67. The van der Waals surface area contributed by atoms with E-state index in [-0.39, 0.29) is 0 Å². The number of pyridine rings is 1. The number of thiocarbonyl (C=S) groups is 1. The molecule has 0 radical (unpaired) electrons. The van der Waals surface area contributed by atoms with Gasteiger partial charge in [0.1, 0.15) is 4.99 Å². The number of anilines is 1. The first kappa shape index (κ1) is 14.1. The fraction of sp³-hybridized carbons (Fsp3) is 0.0588. The molecule has 1 aliphatic heterocycles. The normalized spacial score (nSPS) is 13.5. The molecule has 0 saturated heterocycles. The topological polar surface area (TPSA) is 16.1 Å². The molecule has 1 aliphatic rings. The van der Waals surface area contributed by atoms with Gasteiger partial charge in [0.25, 0.3) is 0 Å². The Bertz CT molecular complexity index is 842. The molecule has 0 fully saturated rings. The van der Waals surface area contributed by atoms with Gasteiger partial charge in [-0.1, -0.05) is 34.2 Å². The molecule has 22 heavy (non-hydrogen) atoms. The highest BCUT2D eigenvalue weighted by Crippen LogP contribution is 2.31. The quantitative estimate of drug-likeness (QED) is 0.558. The minimum absolute atomic E-state index is 0.731. The predicted molar refractivity (Wildman–Crippen MR) is 99.6 cm³/mol. The first-order valence-corrected chi connectivity index (χ1v) is 8.92. The first-order chi connectivity index (χ1) is 10.7. The highest BCUT2D eigenvalue weighted by atomic mass is 79.9. The van der Waals surface area contributed by atoms with Crippen molar-refractivity contribution >= 4 is 50.2 Å². The van der Waals surface area contributed by atoms with Gasteiger partial charge in [-0.2, -0.15) is 0 Å². The number of benzene rings is 1. The van der Waals surface area contributed by atoms with Crippen LogP contribution in [-0.4, -0.2) is 9.97 Å². The van der Waals surface area contributed by atoms with Gasteiger partial charge in [-0.3, -0.25) is 0 Å². The zero-order valence-electron chi connectivity index (χ0n) is 11.5. The molecule has 2 aromatic heterocycles. The molecule has 108 valence electrons. The fourth-order valence-electron chi connectivity index (χ4n) is 2.57. The lowest BCUT2D eigenvalue weighted by Crippen LogP contribution is -2.21. The van der Waals surface area contributed by atoms with Crippen molar-refractivity contribution in [3.63, 3.8) is 0 Å². The lowest BCUT2D eigenvalue weighted by molar-refractivity contribution is 1.00. The van der Waals surface area contributed by atoms with Crippen LogP contribution >= 0.6 is 39.5 Å². The standard InChI is InChI=1S/C17H11BrN2S2/c18-11-3-5-12(6-4-11)20-10-15-13(17(20)21)7-8-14(19-15)16-2-1-9-22-16/h1-9H,10H2. The second-order valence-electron chi connectivity index (χ2n) is 5.04. The van der Waals surface area contributed by atoms with Crippen LogP contribution in [0.4, 0.5) is 5.69 Å². The summed E-state index contributed by atoms with van der Waals surface area (Å²) in [4.78, 5) is 8.99. The summed E-state index contributed by atoms with van der Waals surface area (Å²) in [5.41, 5.74) is 4.25. The van der Waals surface area contributed by atoms with Crippen molar-refractivity contribution in [1.29, 1.82) is 0 Å². The average Bonchev–Trinajstić information content (AvgIpc) is 3.16. The van der Waals surface area contributed by atoms with Gasteiger partial charge in [0, 0.05) is 15.7 Å². The average molecular weight is 387 g/mol. The molecule has 0 N–H and O–H groups in total. The van der Waals surface area contributed by atoms with Crippen molar-refractivity contribution in [1.82, 2.24) is 4.98 Å². The number of fused-ring (bicyclic) bond motifs is 1. The molecule has 1 aromatic carbocycles. The van der Waals surface area contributed by atoms with Gasteiger partial charge in [-0.15, -0.1) is 11.3 Å². The number of hydrogen-bond donors (Lipinski definition) is 0. The van der Waals surface area contributed by atoms with Crippen molar-refractivity contribution in [2.24, 2.45) is 0 Å². The first-order valence-electron chi connectivity index (χ1n) is 6.83. The molecule has 3 heterocycles. The smallest absolute Gasteiger partial charge is 0.115 e. The van der Waals surface area contributed by atoms with Crippen molar-refractivity contribution in [3.8, 4) is 10.6 Å². The Morgan fingerprint density at radius 1 is 1.09 bits per heavy atom. The lowest BCUT2D eigenvalue weighted by Gasteiger charge is -2.17. The number of rotatable bonds is 2. The van der Waals surface area contributed by atoms with Crippen LogP contribution in [0.5, 0.6) is 0 Å². The van der Waals surface area contributed by atoms with Gasteiger partial charge in [0.15, 0.2) is 0 Å². The van der Waals surface area contributed by atoms with Crippen molar-refractivity contribution < 1.29 is 0 Å². The number of nitrogens with zero attached hydrogens (tertiary/aromatic N) is 2. The van der Waals surface area contributed by atoms with E-state index in [4.69, 9.17) is 17.2 Å². The maximum Gasteiger partial charge on any atom is 0.115 e. The zero-order chi connectivity index (χ0) is 15.1. The van der Waals surface area contributed by atoms with E-state index in [0.717, 1.165) is 38.6 Å². The van der Waals surface area contributed by atoms with Gasteiger partial charge in [-0.25, -0.2) is 4.98 Å². The second kappa shape index (κ2) is 5.57. The molecule has 0 unspecified atom stereocenters. The molecule has 0 aliphatic carbocycles. The van der Waals surface area contributed by atoms with E-state index >= 15 is 0 Å². The summed E-state index contributed by atoms with van der Waals surface area (Å²) in [6, 6.07) is 16.5. The highest BCUT2D eigenvalue weighted by molar-refractivity contribution is 9.10. The summed E-state index contributed by atoms with van der Waals surface area (Å²) >= 11 is 10.8. The van der Waals surface area contributed by atoms with E-state index < -0.39 is 0 Å². The van der Waals surface area contributed by atoms with Crippen LogP contribution in [0, 0.1) is 0 Å². The number of halogens is 1. The molecular weight excluding hydrogens is 376 g/mol. The summed E-state index contributed by atoms with van der Waals surface area (Å²) in [6.07, 6.45) is 0. The third kappa shape index (κ3) is 2.39. The molecular formula is C17H11BrN2S2. The van der Waals surface area contributed by atoms with E-state index in [0.29, 0.717) is 0 Å². The maximum atomic E-state index is 5.63. The molecule has 5 heteroatoms. The van der Waals surface area contributed by atoms with Gasteiger partial charge >= 0.3 is 0 Å². The Kier molecular flexibility index (Phi) is 3.56. The monoisotopic (exact) mass is 386 g/mol. The highest BCUT2D eigenvalue weighted by Gasteiger charge is 2.26. The van der Waals surface area contributed by atoms with Gasteiger partial charge in [-0.05, 0) is 47.8 Å². The van der Waals surface area contributed by atoms with Crippen LogP contribution in [0.15, 0.2) is 58.4 Å². The second-order valence-corrected chi connectivity index (χ2v) is 7.29. The number of hydrogen-bond acceptors (Lipinski definition) is 3. The Labute approximate surface area is 146 Å². The number of aromatic nitrogens is 1. The molecule has 0 amide bonds. The van der Waals surface area contributed by atoms with Gasteiger partial charge < -0.3 is 4.90 Å². The summed E-state index contributed by atoms with van der Waals surface area (Å²) in [5, 5.41) is 2.07. The Morgan fingerprint density at radius 2 is 1.91 bits per heavy atom. The molecule has 0 atom stereocenters. The van der Waals surface area contributed by atoms with Crippen LogP contribution in [0.3, 0.4) is 0 Å². The van der Waals surface area contributed by atoms with E-state index in [1.54, 1.807) is 11.3 Å². The Balaban J connectivity index is 1.70. The van der Waals surface area contributed by atoms with E-state index in [2.05, 4.69) is 56.5 Å². The summed E-state index contributed by atoms with van der Waals surface area (Å²) in [7, 11) is 0. The third-order valence-corrected chi connectivity index (χ3v) is 5.53. The van der Waals surface area contributed by atoms with Crippen molar-refractivity contribution in [3.05, 3.63) is 69.6 Å². The molecule has 3 aromatic rings. The maximum absolute atomic E-state index is 5.63. The van der Waals surface area contributed by atoms with Gasteiger partial charge in [0.05, 0.1) is 22.8 Å². The van der Waals surface area contributed by atoms with Crippen LogP contribution in [0.1, 0.15) is 11.3 Å². The molecule has 0 spiro atoms. The minimum atomic E-state index is 0.731. The minimum Gasteiger partial charge on any atom is -0.326 e. The summed E-state index contributed by atoms with van der Waals surface area (Å²) in [5.74, 6) is 0. The predicted octanol–water partition coefficient (Wildman–Crippen LogP) is 5.27. The van der Waals surface area contributed by atoms with Crippen LogP contribution in [0.25, 0.3) is 10.6 Å². The van der Waals surface area contributed by atoms with Crippen molar-refractivity contribution in [2.75, 3.05) is 4.90 Å². The molecule has 0 saturated carbocycles. The van der Waals surface area contributed by atoms with Crippen molar-refractivity contribution in [2.45, 2.75) is 6.54 Å². The van der Waals surface area contributed by atoms with Crippen LogP contribution in [-0.2, 0) is 6.54 Å². The molecule has 2 nitrogen and oxygen atoms in total. The zero-order valence-corrected chi connectivity index (χ0v) is 14.7. The van der Waals surface area contributed by atoms with Crippen LogP contribution in [0.2, 0.25) is 0 Å².